The zero-order chi connectivity index (χ0) is 32.2. The van der Waals surface area contributed by atoms with Gasteiger partial charge in [0, 0.05) is 46.0 Å². The minimum Gasteiger partial charge on any atom is -0.369 e. The van der Waals surface area contributed by atoms with Gasteiger partial charge in [0.15, 0.2) is 0 Å². The van der Waals surface area contributed by atoms with Gasteiger partial charge in [0.25, 0.3) is 0 Å². The van der Waals surface area contributed by atoms with Crippen LogP contribution in [-0.2, 0) is 22.4 Å². The van der Waals surface area contributed by atoms with Gasteiger partial charge in [0.05, 0.1) is 10.0 Å². The maximum Gasteiger partial charge on any atom is 0.249 e. The van der Waals surface area contributed by atoms with Gasteiger partial charge >= 0.3 is 0 Å². The van der Waals surface area contributed by atoms with E-state index in [9.17, 15) is 19.2 Å². The third kappa shape index (κ3) is 5.86. The van der Waals surface area contributed by atoms with Gasteiger partial charge in [-0.2, -0.15) is 0 Å². The van der Waals surface area contributed by atoms with Crippen LogP contribution in [0.15, 0.2) is 32.2 Å². The summed E-state index contributed by atoms with van der Waals surface area (Å²) in [6, 6.07) is 3.24. The van der Waals surface area contributed by atoms with Crippen molar-refractivity contribution in [3.63, 3.8) is 0 Å². The molecule has 8 nitrogen and oxygen atoms in total. The van der Waals surface area contributed by atoms with Crippen molar-refractivity contribution in [3.8, 4) is 0 Å². The molecule has 0 aliphatic heterocycles. The molecule has 0 fully saturated rings. The van der Waals surface area contributed by atoms with Crippen LogP contribution < -0.4 is 17.2 Å². The minimum absolute atomic E-state index is 0.0179. The van der Waals surface area contributed by atoms with E-state index in [4.69, 9.17) is 40.4 Å². The second-order valence-electron chi connectivity index (χ2n) is 11.9. The summed E-state index contributed by atoms with van der Waals surface area (Å²) in [5.41, 5.74) is 26.0. The van der Waals surface area contributed by atoms with E-state index in [-0.39, 0.29) is 23.7 Å². The molecule has 2 atom stereocenters. The normalized spacial score (nSPS) is 19.8. The zero-order valence-corrected chi connectivity index (χ0v) is 29.0. The lowest BCUT2D eigenvalue weighted by molar-refractivity contribution is -0.133. The summed E-state index contributed by atoms with van der Waals surface area (Å²) >= 11 is 19.5. The molecule has 2 aromatic carbocycles. The van der Waals surface area contributed by atoms with E-state index in [1.165, 1.54) is 22.3 Å². The summed E-state index contributed by atoms with van der Waals surface area (Å²) in [6.45, 7) is 0. The summed E-state index contributed by atoms with van der Waals surface area (Å²) in [7, 11) is 3.58. The van der Waals surface area contributed by atoms with Gasteiger partial charge in [-0.1, -0.05) is 34.3 Å². The van der Waals surface area contributed by atoms with Gasteiger partial charge in [-0.25, -0.2) is 0 Å². The SMILES string of the molecule is CN(C)C(=O)C1CCC2=C(Cc3c(C(N)=O)cc(Cl)c(Br)c32)C1.NC(=O)c1cc(Cl)c(Br)c2c1CC1=C2CCC(C(N)=O)C1. The van der Waals surface area contributed by atoms with E-state index in [0.29, 0.717) is 40.4 Å². The smallest absolute Gasteiger partial charge is 0.249 e. The molecule has 6 rings (SSSR count). The van der Waals surface area contributed by atoms with Gasteiger partial charge in [-0.15, -0.1) is 0 Å². The van der Waals surface area contributed by atoms with Crippen LogP contribution in [0.5, 0.6) is 0 Å². The lowest BCUT2D eigenvalue weighted by Crippen LogP contribution is -2.31. The van der Waals surface area contributed by atoms with E-state index in [2.05, 4.69) is 31.9 Å². The van der Waals surface area contributed by atoms with Gasteiger partial charge in [0.2, 0.25) is 23.6 Å². The molecule has 4 amide bonds. The number of fused-ring (bicyclic) bond motifs is 4. The van der Waals surface area contributed by atoms with Crippen LogP contribution >= 0.6 is 55.1 Å². The lowest BCUT2D eigenvalue weighted by Gasteiger charge is -2.26. The quantitative estimate of drug-likeness (QED) is 0.340. The molecule has 0 saturated carbocycles. The molecule has 4 aliphatic carbocycles. The average Bonchev–Trinajstić information content (AvgIpc) is 3.54. The first-order chi connectivity index (χ1) is 20.7. The highest BCUT2D eigenvalue weighted by Gasteiger charge is 2.36. The molecule has 0 heterocycles. The van der Waals surface area contributed by atoms with E-state index >= 15 is 0 Å². The summed E-state index contributed by atoms with van der Waals surface area (Å²) in [5, 5.41) is 0.978. The Hall–Kier alpha value is -2.66. The van der Waals surface area contributed by atoms with E-state index in [0.717, 1.165) is 63.3 Å². The van der Waals surface area contributed by atoms with Crippen molar-refractivity contribution < 1.29 is 19.2 Å². The van der Waals surface area contributed by atoms with Crippen molar-refractivity contribution in [2.75, 3.05) is 14.1 Å². The van der Waals surface area contributed by atoms with Crippen LogP contribution in [0.4, 0.5) is 0 Å². The summed E-state index contributed by atoms with van der Waals surface area (Å²) in [5.74, 6) is -1.14. The lowest BCUT2D eigenvalue weighted by atomic mass is 9.83. The number of hydrogen-bond donors (Lipinski definition) is 3. The van der Waals surface area contributed by atoms with Crippen LogP contribution in [-0.4, -0.2) is 42.6 Å². The van der Waals surface area contributed by atoms with Crippen molar-refractivity contribution >= 4 is 89.8 Å². The Morgan fingerprint density at radius 3 is 1.55 bits per heavy atom. The number of amides is 4. The first-order valence-corrected chi connectivity index (χ1v) is 16.6. The number of benzene rings is 2. The van der Waals surface area contributed by atoms with Crippen molar-refractivity contribution in [1.82, 2.24) is 4.90 Å². The molecule has 2 aromatic rings. The molecule has 0 saturated heterocycles. The van der Waals surface area contributed by atoms with Crippen molar-refractivity contribution in [2.45, 2.75) is 51.4 Å². The van der Waals surface area contributed by atoms with Gasteiger partial charge in [-0.05, 0) is 129 Å². The van der Waals surface area contributed by atoms with Crippen LogP contribution in [0.25, 0.3) is 11.1 Å². The summed E-state index contributed by atoms with van der Waals surface area (Å²) in [6.07, 6.45) is 5.86. The number of rotatable bonds is 4. The Morgan fingerprint density at radius 2 is 1.16 bits per heavy atom. The number of nitrogens with zero attached hydrogens (tertiary/aromatic N) is 1. The minimum atomic E-state index is -0.480. The summed E-state index contributed by atoms with van der Waals surface area (Å²) in [4.78, 5) is 48.7. The predicted octanol–water partition coefficient (Wildman–Crippen LogP) is 6.20. The first kappa shape index (κ1) is 32.7. The molecular formula is C32H32Br2Cl2N4O4. The fraction of sp³-hybridized carbons (Fsp3) is 0.375. The number of carbonyl (C=O) groups excluding carboxylic acids is 4. The number of hydrogen-bond acceptors (Lipinski definition) is 4. The monoisotopic (exact) mass is 764 g/mol. The standard InChI is InChI=1S/C17H18BrClN2O2.C15H14BrClN2O2/c1-21(2)17(23)8-3-4-10-9(5-8)6-11-12(16(20)22)7-13(19)15(18)14(10)11;16-13-11(17)5-10(15(19)21)9-4-7-3-6(14(18)20)1-2-8(7)12(9)13/h7-8H,3-6H2,1-2H3,(H2,20,22);5-6H,1-4H2,(H2,18,20)(H2,19,21). The second kappa shape index (κ2) is 12.6. The van der Waals surface area contributed by atoms with Crippen molar-refractivity contribution in [1.29, 1.82) is 0 Å². The molecule has 12 heteroatoms. The molecule has 0 aromatic heterocycles. The molecule has 0 radical (unpaired) electrons. The van der Waals surface area contributed by atoms with Crippen LogP contribution in [0, 0.1) is 11.8 Å². The Bertz CT molecular complexity index is 1720. The van der Waals surface area contributed by atoms with Crippen LogP contribution in [0.3, 0.4) is 0 Å². The second-order valence-corrected chi connectivity index (χ2v) is 14.3. The highest BCUT2D eigenvalue weighted by molar-refractivity contribution is 9.11. The molecule has 0 spiro atoms. The average molecular weight is 767 g/mol. The molecule has 232 valence electrons. The van der Waals surface area contributed by atoms with Crippen molar-refractivity contribution in [2.24, 2.45) is 29.0 Å². The topological polar surface area (TPSA) is 150 Å². The molecule has 4 aliphatic rings. The molecule has 2 unspecified atom stereocenters. The molecule has 0 bridgehead atoms. The van der Waals surface area contributed by atoms with Gasteiger partial charge in [0.1, 0.15) is 0 Å². The maximum atomic E-state index is 12.3. The third-order valence-electron chi connectivity index (χ3n) is 9.09. The first-order valence-electron chi connectivity index (χ1n) is 14.2. The fourth-order valence-electron chi connectivity index (χ4n) is 7.01. The number of halogens is 4. The number of primary amides is 3. The number of allylic oxidation sites excluding steroid dienone is 4. The number of nitrogens with two attached hydrogens (primary N) is 3. The van der Waals surface area contributed by atoms with Crippen LogP contribution in [0.2, 0.25) is 10.0 Å². The molecule has 6 N–H and O–H groups in total. The van der Waals surface area contributed by atoms with E-state index in [1.54, 1.807) is 31.1 Å². The zero-order valence-electron chi connectivity index (χ0n) is 24.3. The Labute approximate surface area is 282 Å². The maximum absolute atomic E-state index is 12.3. The Kier molecular flexibility index (Phi) is 9.38. The van der Waals surface area contributed by atoms with E-state index in [1.807, 2.05) is 0 Å². The predicted molar refractivity (Wildman–Crippen MR) is 179 cm³/mol. The third-order valence-corrected chi connectivity index (χ3v) is 11.8. The van der Waals surface area contributed by atoms with Gasteiger partial charge in [-0.3, -0.25) is 19.2 Å². The fourth-order valence-corrected chi connectivity index (χ4v) is 8.60. The van der Waals surface area contributed by atoms with Gasteiger partial charge < -0.3 is 22.1 Å². The van der Waals surface area contributed by atoms with E-state index < -0.39 is 11.8 Å². The van der Waals surface area contributed by atoms with Crippen molar-refractivity contribution in [3.05, 3.63) is 75.7 Å². The summed E-state index contributed by atoms with van der Waals surface area (Å²) < 4.78 is 1.62. The molecule has 44 heavy (non-hydrogen) atoms. The highest BCUT2D eigenvalue weighted by Crippen LogP contribution is 2.50. The largest absolute Gasteiger partial charge is 0.369 e. The highest BCUT2D eigenvalue weighted by atomic mass is 79.9. The number of carbonyl (C=O) groups is 4. The van der Waals surface area contributed by atoms with Crippen LogP contribution in [0.1, 0.15) is 81.5 Å². The Balaban J connectivity index is 0.000000175. The molecular weight excluding hydrogens is 735 g/mol. The Morgan fingerprint density at radius 1 is 0.750 bits per heavy atom.